The van der Waals surface area contributed by atoms with Gasteiger partial charge in [-0.25, -0.2) is 24.4 Å². The van der Waals surface area contributed by atoms with Crippen LogP contribution in [0.4, 0.5) is 14.7 Å². The lowest BCUT2D eigenvalue weighted by molar-refractivity contribution is -0.145. The summed E-state index contributed by atoms with van der Waals surface area (Å²) < 4.78 is 22.5. The van der Waals surface area contributed by atoms with Crippen molar-refractivity contribution < 1.29 is 48.0 Å². The Morgan fingerprint density at radius 2 is 1.79 bits per heavy atom. The fourth-order valence-electron chi connectivity index (χ4n) is 7.78. The smallest absolute Gasteiger partial charge is 0.413 e. The lowest BCUT2D eigenvalue weighted by Gasteiger charge is -2.29. The molecule has 4 amide bonds. The first-order chi connectivity index (χ1) is 27.1. The van der Waals surface area contributed by atoms with Crippen molar-refractivity contribution in [3.05, 3.63) is 41.8 Å². The summed E-state index contributed by atoms with van der Waals surface area (Å²) in [6.07, 6.45) is 8.64. The van der Waals surface area contributed by atoms with Crippen LogP contribution in [0.15, 0.2) is 41.8 Å². The molecule has 16 nitrogen and oxygen atoms in total. The molecular weight excluding hydrogens is 745 g/mol. The van der Waals surface area contributed by atoms with Crippen LogP contribution in [-0.2, 0) is 23.9 Å². The van der Waals surface area contributed by atoms with E-state index in [9.17, 15) is 29.1 Å². The molecule has 4 N–H and O–H groups in total. The van der Waals surface area contributed by atoms with Crippen molar-refractivity contribution in [3.8, 4) is 22.9 Å². The third kappa shape index (κ3) is 8.51. The Morgan fingerprint density at radius 1 is 0.982 bits per heavy atom. The van der Waals surface area contributed by atoms with Crippen LogP contribution < -0.4 is 25.4 Å². The van der Waals surface area contributed by atoms with Gasteiger partial charge >= 0.3 is 18.2 Å². The van der Waals surface area contributed by atoms with E-state index in [4.69, 9.17) is 19.2 Å². The zero-order chi connectivity index (χ0) is 39.4. The van der Waals surface area contributed by atoms with Gasteiger partial charge in [0.15, 0.2) is 5.13 Å². The largest absolute Gasteiger partial charge is 0.497 e. The highest BCUT2D eigenvalue weighted by atomic mass is 32.1. The van der Waals surface area contributed by atoms with Gasteiger partial charge in [-0.05, 0) is 63.5 Å². The first-order valence-corrected chi connectivity index (χ1v) is 19.9. The number of rotatable bonds is 8. The number of anilines is 1. The summed E-state index contributed by atoms with van der Waals surface area (Å²) >= 11 is 1.18. The molecule has 1 saturated heterocycles. The molecule has 56 heavy (non-hydrogen) atoms. The van der Waals surface area contributed by atoms with Gasteiger partial charge in [-0.15, -0.1) is 11.3 Å². The summed E-state index contributed by atoms with van der Waals surface area (Å²) in [6.45, 7) is -0.0185. The number of ether oxygens (including phenoxy) is 4. The number of aromatic nitrogens is 2. The maximum Gasteiger partial charge on any atom is 0.413 e. The number of thiazole rings is 1. The van der Waals surface area contributed by atoms with Gasteiger partial charge in [0.05, 0.1) is 32.0 Å². The van der Waals surface area contributed by atoms with Crippen LogP contribution in [0.25, 0.3) is 22.3 Å². The van der Waals surface area contributed by atoms with Crippen molar-refractivity contribution in [1.29, 1.82) is 0 Å². The van der Waals surface area contributed by atoms with E-state index in [2.05, 4.69) is 25.7 Å². The molecule has 0 radical (unpaired) electrons. The van der Waals surface area contributed by atoms with Gasteiger partial charge in [0.25, 0.3) is 0 Å². The number of benzene rings is 1. The Kier molecular flexibility index (Phi) is 11.6. The molecule has 0 bridgehead atoms. The highest BCUT2D eigenvalue weighted by Gasteiger charge is 2.61. The number of carboxylic acids is 1. The SMILES string of the molecule is COC(=O)Nc1nc(-c2cc(O[C@@H]3C[C@H]4C(=O)N[C@]5(C(=O)O)CC5C=CCCCCC[C@H](NC(=O)OC5CCCC5)C(=O)N4C3)c3ccc(OC)cc3n2)cs1. The van der Waals surface area contributed by atoms with Crippen molar-refractivity contribution in [2.75, 3.05) is 26.1 Å². The van der Waals surface area contributed by atoms with Gasteiger partial charge in [0.2, 0.25) is 11.8 Å². The van der Waals surface area contributed by atoms with Crippen LogP contribution in [0.3, 0.4) is 0 Å². The molecule has 0 spiro atoms. The minimum absolute atomic E-state index is 0.0185. The Bertz CT molecular complexity index is 2020. The number of methoxy groups -OCH3 is 2. The number of aliphatic carboxylic acids is 1. The van der Waals surface area contributed by atoms with E-state index in [1.54, 1.807) is 36.8 Å². The Balaban J connectivity index is 1.20. The van der Waals surface area contributed by atoms with Gasteiger partial charge in [0.1, 0.15) is 47.0 Å². The topological polar surface area (TPSA) is 208 Å². The number of amides is 4. The number of carbonyl (C=O) groups excluding carboxylic acids is 4. The van der Waals surface area contributed by atoms with Crippen LogP contribution in [0.2, 0.25) is 0 Å². The number of fused-ring (bicyclic) bond motifs is 3. The lowest BCUT2D eigenvalue weighted by Crippen LogP contribution is -2.56. The number of nitrogens with zero attached hydrogens (tertiary/aromatic N) is 3. The molecule has 2 aliphatic heterocycles. The fourth-order valence-corrected chi connectivity index (χ4v) is 8.47. The fraction of sp³-hybridized carbons (Fsp3) is 0.513. The molecule has 1 aromatic carbocycles. The van der Waals surface area contributed by atoms with Crippen LogP contribution in [-0.4, -0.2) is 101 Å². The number of hydrogen-bond donors (Lipinski definition) is 4. The number of nitrogens with one attached hydrogen (secondary N) is 3. The van der Waals surface area contributed by atoms with E-state index in [1.165, 1.54) is 23.3 Å². The zero-order valence-electron chi connectivity index (χ0n) is 31.3. The summed E-state index contributed by atoms with van der Waals surface area (Å²) in [4.78, 5) is 76.9. The average molecular weight is 791 g/mol. The van der Waals surface area contributed by atoms with E-state index in [1.807, 2.05) is 12.2 Å². The molecule has 2 aliphatic carbocycles. The summed E-state index contributed by atoms with van der Waals surface area (Å²) in [5.74, 6) is -1.64. The van der Waals surface area contributed by atoms with Crippen LogP contribution in [0.1, 0.15) is 70.6 Å². The standard InChI is InChI=1S/C39H46N6O10S/c1-52-24-14-15-26-28(16-24)40-29(30-21-56-36(41-30)43-37(50)53-2)18-32(26)54-25-17-31-33(46)44-39(35(48)49)19-22(39)10-6-4-3-5-7-13-27(34(47)45(31)20-25)42-38(51)55-23-11-8-9-12-23/h6,10,14-16,18,21-23,25,27,31H,3-5,7-9,11-13,17,19-20H2,1-2H3,(H,42,51)(H,44,46)(H,48,49)(H,41,43,50)/t22?,25-,27+,31+,39-/m1/s1. The molecule has 1 unspecified atom stereocenters. The quantitative estimate of drug-likeness (QED) is 0.211. The Labute approximate surface area is 327 Å². The molecule has 5 atom stereocenters. The molecule has 7 rings (SSSR count). The maximum atomic E-state index is 14.5. The molecule has 3 aromatic rings. The van der Waals surface area contributed by atoms with E-state index in [-0.39, 0.29) is 31.4 Å². The van der Waals surface area contributed by atoms with Crippen molar-refractivity contribution in [1.82, 2.24) is 25.5 Å². The Hall–Kier alpha value is -5.45. The molecule has 3 fully saturated rings. The van der Waals surface area contributed by atoms with Crippen LogP contribution in [0.5, 0.6) is 11.5 Å². The normalized spacial score (nSPS) is 25.6. The maximum absolute atomic E-state index is 14.5. The minimum Gasteiger partial charge on any atom is -0.497 e. The van der Waals surface area contributed by atoms with Crippen LogP contribution >= 0.6 is 11.3 Å². The van der Waals surface area contributed by atoms with Gasteiger partial charge in [-0.2, -0.15) is 0 Å². The highest BCUT2D eigenvalue weighted by molar-refractivity contribution is 7.14. The minimum atomic E-state index is -1.48. The second kappa shape index (κ2) is 16.7. The first kappa shape index (κ1) is 38.8. The van der Waals surface area contributed by atoms with E-state index in [0.717, 1.165) is 44.9 Å². The molecule has 2 aromatic heterocycles. The molecule has 4 aliphatic rings. The predicted molar refractivity (Wildman–Crippen MR) is 204 cm³/mol. The summed E-state index contributed by atoms with van der Waals surface area (Å²) in [6, 6.07) is 4.94. The number of pyridine rings is 1. The average Bonchev–Trinajstić information content (AvgIpc) is 3.62. The summed E-state index contributed by atoms with van der Waals surface area (Å²) in [5, 5.41) is 21.1. The van der Waals surface area contributed by atoms with Crippen molar-refractivity contribution in [2.24, 2.45) is 5.92 Å². The van der Waals surface area contributed by atoms with Crippen LogP contribution in [0, 0.1) is 5.92 Å². The van der Waals surface area contributed by atoms with Crippen molar-refractivity contribution >= 4 is 57.3 Å². The van der Waals surface area contributed by atoms with Crippen molar-refractivity contribution in [2.45, 2.75) is 100 Å². The van der Waals surface area contributed by atoms with Gasteiger partial charge in [-0.1, -0.05) is 25.0 Å². The van der Waals surface area contributed by atoms with E-state index < -0.39 is 53.7 Å². The molecule has 17 heteroatoms. The summed E-state index contributed by atoms with van der Waals surface area (Å²) in [5.41, 5.74) is -0.0720. The second-order valence-electron chi connectivity index (χ2n) is 14.7. The molecular formula is C39H46N6O10S. The Morgan fingerprint density at radius 3 is 2.55 bits per heavy atom. The number of carboxylic acid groups (broad SMARTS) is 1. The summed E-state index contributed by atoms with van der Waals surface area (Å²) in [7, 11) is 2.80. The van der Waals surface area contributed by atoms with E-state index in [0.29, 0.717) is 51.8 Å². The van der Waals surface area contributed by atoms with Crippen molar-refractivity contribution in [3.63, 3.8) is 0 Å². The highest BCUT2D eigenvalue weighted by Crippen LogP contribution is 2.45. The lowest BCUT2D eigenvalue weighted by atomic mass is 10.0. The molecule has 2 saturated carbocycles. The predicted octanol–water partition coefficient (Wildman–Crippen LogP) is 5.41. The van der Waals surface area contributed by atoms with E-state index >= 15 is 0 Å². The van der Waals surface area contributed by atoms with Gasteiger partial charge in [0, 0.05) is 35.2 Å². The zero-order valence-corrected chi connectivity index (χ0v) is 32.1. The number of alkyl carbamates (subject to hydrolysis) is 1. The number of allylic oxidation sites excluding steroid dienone is 1. The molecule has 298 valence electrons. The third-order valence-electron chi connectivity index (χ3n) is 10.9. The third-order valence-corrected chi connectivity index (χ3v) is 11.7. The molecule has 4 heterocycles. The van der Waals surface area contributed by atoms with Gasteiger partial charge < -0.3 is 39.6 Å². The second-order valence-corrected chi connectivity index (χ2v) is 15.5. The first-order valence-electron chi connectivity index (χ1n) is 19.0. The monoisotopic (exact) mass is 790 g/mol. The number of carbonyl (C=O) groups is 5. The number of hydrogen-bond acceptors (Lipinski definition) is 12. The van der Waals surface area contributed by atoms with Gasteiger partial charge in [-0.3, -0.25) is 14.9 Å².